The number of anilines is 1. The van der Waals surface area contributed by atoms with E-state index in [0.717, 1.165) is 12.0 Å². The summed E-state index contributed by atoms with van der Waals surface area (Å²) in [7, 11) is 3.12. The maximum atomic E-state index is 12.7. The standard InChI is InChI=1S/C26H26N2O4S/c1-31-22-13-12-21(16-23(22)32-2)27-25(30)19-8-10-20(11-9-19)26-28(24(29)17-33-26)15-14-18-6-4-3-5-7-18/h3-13,16,26H,14-15,17H2,1-2H3,(H,27,30). The Kier molecular flexibility index (Phi) is 7.19. The van der Waals surface area contributed by atoms with Crippen LogP contribution >= 0.6 is 11.8 Å². The summed E-state index contributed by atoms with van der Waals surface area (Å²) < 4.78 is 10.5. The minimum atomic E-state index is -0.218. The Morgan fingerprint density at radius 2 is 1.73 bits per heavy atom. The molecule has 3 aromatic carbocycles. The van der Waals surface area contributed by atoms with Crippen LogP contribution in [-0.4, -0.2) is 43.2 Å². The maximum absolute atomic E-state index is 12.7. The molecule has 1 heterocycles. The van der Waals surface area contributed by atoms with Crippen molar-refractivity contribution < 1.29 is 19.1 Å². The molecule has 1 saturated heterocycles. The Labute approximate surface area is 197 Å². The van der Waals surface area contributed by atoms with Crippen molar-refractivity contribution in [1.82, 2.24) is 4.90 Å². The zero-order valence-corrected chi connectivity index (χ0v) is 19.4. The van der Waals surface area contributed by atoms with Crippen LogP contribution in [0.2, 0.25) is 0 Å². The Morgan fingerprint density at radius 3 is 2.42 bits per heavy atom. The molecule has 1 aliphatic heterocycles. The summed E-state index contributed by atoms with van der Waals surface area (Å²) in [4.78, 5) is 27.1. The average molecular weight is 463 g/mol. The third-order valence-electron chi connectivity index (χ3n) is 5.55. The highest BCUT2D eigenvalue weighted by Crippen LogP contribution is 2.38. The number of amides is 2. The predicted octanol–water partition coefficient (Wildman–Crippen LogP) is 4.77. The Morgan fingerprint density at radius 1 is 1.00 bits per heavy atom. The lowest BCUT2D eigenvalue weighted by atomic mass is 10.1. The van der Waals surface area contributed by atoms with E-state index < -0.39 is 0 Å². The van der Waals surface area contributed by atoms with Gasteiger partial charge in [0, 0.05) is 23.9 Å². The molecule has 2 amide bonds. The molecule has 1 fully saturated rings. The lowest BCUT2D eigenvalue weighted by Gasteiger charge is -2.24. The number of nitrogens with zero attached hydrogens (tertiary/aromatic N) is 1. The summed E-state index contributed by atoms with van der Waals surface area (Å²) in [5.74, 6) is 1.55. The van der Waals surface area contributed by atoms with Crippen LogP contribution in [0.15, 0.2) is 72.8 Å². The average Bonchev–Trinajstić information content (AvgIpc) is 3.23. The quantitative estimate of drug-likeness (QED) is 0.522. The molecule has 0 saturated carbocycles. The van der Waals surface area contributed by atoms with Gasteiger partial charge in [0.2, 0.25) is 5.91 Å². The van der Waals surface area contributed by atoms with E-state index in [1.807, 2.05) is 35.2 Å². The molecule has 0 aromatic heterocycles. The fourth-order valence-electron chi connectivity index (χ4n) is 3.78. The molecule has 0 aliphatic carbocycles. The molecule has 170 valence electrons. The van der Waals surface area contributed by atoms with Crippen molar-refractivity contribution in [2.24, 2.45) is 0 Å². The molecule has 0 radical (unpaired) electrons. The Hall–Kier alpha value is -3.45. The van der Waals surface area contributed by atoms with Gasteiger partial charge in [0.05, 0.1) is 20.0 Å². The zero-order valence-electron chi connectivity index (χ0n) is 18.6. The van der Waals surface area contributed by atoms with Gasteiger partial charge >= 0.3 is 0 Å². The van der Waals surface area contributed by atoms with Crippen molar-refractivity contribution in [3.63, 3.8) is 0 Å². The zero-order chi connectivity index (χ0) is 23.2. The topological polar surface area (TPSA) is 67.9 Å². The van der Waals surface area contributed by atoms with Gasteiger partial charge in [-0.1, -0.05) is 42.5 Å². The number of rotatable bonds is 8. The molecule has 0 spiro atoms. The van der Waals surface area contributed by atoms with Gasteiger partial charge in [0.15, 0.2) is 11.5 Å². The maximum Gasteiger partial charge on any atom is 0.255 e. The molecule has 1 unspecified atom stereocenters. The third kappa shape index (κ3) is 5.31. The molecule has 1 atom stereocenters. The number of hydrogen-bond donors (Lipinski definition) is 1. The van der Waals surface area contributed by atoms with Gasteiger partial charge in [-0.05, 0) is 41.8 Å². The van der Waals surface area contributed by atoms with Crippen molar-refractivity contribution in [1.29, 1.82) is 0 Å². The molecule has 4 rings (SSSR count). The number of carbonyl (C=O) groups is 2. The van der Waals surface area contributed by atoms with E-state index in [2.05, 4.69) is 17.4 Å². The van der Waals surface area contributed by atoms with Crippen LogP contribution in [0.25, 0.3) is 0 Å². The molecule has 1 N–H and O–H groups in total. The molecule has 0 bridgehead atoms. The molecule has 3 aromatic rings. The summed E-state index contributed by atoms with van der Waals surface area (Å²) in [6.07, 6.45) is 0.815. The van der Waals surface area contributed by atoms with Crippen molar-refractivity contribution in [2.45, 2.75) is 11.8 Å². The van der Waals surface area contributed by atoms with Crippen LogP contribution in [0, 0.1) is 0 Å². The highest BCUT2D eigenvalue weighted by Gasteiger charge is 2.32. The van der Waals surface area contributed by atoms with Gasteiger partial charge in [-0.3, -0.25) is 9.59 Å². The molecular weight excluding hydrogens is 436 g/mol. The summed E-state index contributed by atoms with van der Waals surface area (Å²) >= 11 is 1.62. The van der Waals surface area contributed by atoms with Crippen LogP contribution in [0.1, 0.15) is 26.9 Å². The largest absolute Gasteiger partial charge is 0.493 e. The number of methoxy groups -OCH3 is 2. The van der Waals surface area contributed by atoms with E-state index in [9.17, 15) is 9.59 Å². The summed E-state index contributed by atoms with van der Waals surface area (Å²) in [5.41, 5.74) is 3.38. The molecule has 33 heavy (non-hydrogen) atoms. The summed E-state index contributed by atoms with van der Waals surface area (Å²) in [5, 5.41) is 2.85. The third-order valence-corrected chi connectivity index (χ3v) is 6.81. The van der Waals surface area contributed by atoms with E-state index in [0.29, 0.717) is 35.0 Å². The van der Waals surface area contributed by atoms with Gasteiger partial charge in [-0.2, -0.15) is 0 Å². The van der Waals surface area contributed by atoms with Crippen molar-refractivity contribution >= 4 is 29.3 Å². The second-order valence-electron chi connectivity index (χ2n) is 7.63. The van der Waals surface area contributed by atoms with Gasteiger partial charge in [-0.25, -0.2) is 0 Å². The first-order chi connectivity index (χ1) is 16.1. The second-order valence-corrected chi connectivity index (χ2v) is 8.70. The van der Waals surface area contributed by atoms with Gasteiger partial charge < -0.3 is 19.7 Å². The van der Waals surface area contributed by atoms with E-state index in [1.54, 1.807) is 56.3 Å². The minimum Gasteiger partial charge on any atom is -0.493 e. The fraction of sp³-hybridized carbons (Fsp3) is 0.231. The first-order valence-electron chi connectivity index (χ1n) is 10.7. The Balaban J connectivity index is 1.42. The minimum absolute atomic E-state index is 0.0378. The van der Waals surface area contributed by atoms with Gasteiger partial charge in [0.25, 0.3) is 5.91 Å². The smallest absolute Gasteiger partial charge is 0.255 e. The van der Waals surface area contributed by atoms with E-state index in [4.69, 9.17) is 9.47 Å². The highest BCUT2D eigenvalue weighted by molar-refractivity contribution is 8.00. The van der Waals surface area contributed by atoms with E-state index in [-0.39, 0.29) is 17.2 Å². The Bertz CT molecular complexity index is 1120. The number of ether oxygens (including phenoxy) is 2. The van der Waals surface area contributed by atoms with Crippen LogP contribution in [0.5, 0.6) is 11.5 Å². The first-order valence-corrected chi connectivity index (χ1v) is 11.7. The van der Waals surface area contributed by atoms with Crippen molar-refractivity contribution in [3.05, 3.63) is 89.5 Å². The number of benzene rings is 3. The lowest BCUT2D eigenvalue weighted by Crippen LogP contribution is -2.30. The first kappa shape index (κ1) is 22.7. The number of hydrogen-bond acceptors (Lipinski definition) is 5. The van der Waals surface area contributed by atoms with E-state index >= 15 is 0 Å². The van der Waals surface area contributed by atoms with Crippen molar-refractivity contribution in [2.75, 3.05) is 31.8 Å². The van der Waals surface area contributed by atoms with Crippen LogP contribution in [-0.2, 0) is 11.2 Å². The lowest BCUT2D eigenvalue weighted by molar-refractivity contribution is -0.128. The molecule has 6 nitrogen and oxygen atoms in total. The van der Waals surface area contributed by atoms with Crippen molar-refractivity contribution in [3.8, 4) is 11.5 Å². The van der Waals surface area contributed by atoms with E-state index in [1.165, 1.54) is 5.56 Å². The number of carbonyl (C=O) groups excluding carboxylic acids is 2. The normalized spacial score (nSPS) is 15.4. The van der Waals surface area contributed by atoms with Gasteiger partial charge in [-0.15, -0.1) is 11.8 Å². The number of thioether (sulfide) groups is 1. The van der Waals surface area contributed by atoms with Crippen LogP contribution in [0.4, 0.5) is 5.69 Å². The fourth-order valence-corrected chi connectivity index (χ4v) is 5.00. The summed E-state index contributed by atoms with van der Waals surface area (Å²) in [6.45, 7) is 0.669. The molecule has 7 heteroatoms. The highest BCUT2D eigenvalue weighted by atomic mass is 32.2. The number of nitrogens with one attached hydrogen (secondary N) is 1. The molecule has 1 aliphatic rings. The second kappa shape index (κ2) is 10.4. The van der Waals surface area contributed by atoms with Gasteiger partial charge in [0.1, 0.15) is 5.37 Å². The van der Waals surface area contributed by atoms with Crippen LogP contribution in [0.3, 0.4) is 0 Å². The predicted molar refractivity (Wildman–Crippen MR) is 131 cm³/mol. The monoisotopic (exact) mass is 462 g/mol. The van der Waals surface area contributed by atoms with Crippen LogP contribution < -0.4 is 14.8 Å². The molecular formula is C26H26N2O4S. The summed E-state index contributed by atoms with van der Waals surface area (Å²) in [6, 6.07) is 22.8. The SMILES string of the molecule is COc1ccc(NC(=O)c2ccc(C3SCC(=O)N3CCc3ccccc3)cc2)cc1OC.